The first-order valence-corrected chi connectivity index (χ1v) is 6.87. The number of aliphatic hydroxyl groups is 1. The Morgan fingerprint density at radius 3 is 2.24 bits per heavy atom. The van der Waals surface area contributed by atoms with Gasteiger partial charge in [-0.05, 0) is 18.1 Å². The van der Waals surface area contributed by atoms with Crippen LogP contribution >= 0.6 is 0 Å². The van der Waals surface area contributed by atoms with Crippen molar-refractivity contribution in [1.82, 2.24) is 5.32 Å². The lowest BCUT2D eigenvalue weighted by Gasteiger charge is -2.25. The molecule has 2 atom stereocenters. The number of rotatable bonds is 5. The molecule has 0 saturated heterocycles. The molecule has 0 fully saturated rings. The minimum atomic E-state index is -1.13. The van der Waals surface area contributed by atoms with E-state index in [1.165, 1.54) is 0 Å². The van der Waals surface area contributed by atoms with E-state index in [1.54, 1.807) is 6.92 Å². The summed E-state index contributed by atoms with van der Waals surface area (Å²) in [5.41, 5.74) is 6.48. The molecule has 2 aromatic rings. The third kappa shape index (κ3) is 3.68. The van der Waals surface area contributed by atoms with Crippen LogP contribution in [0.5, 0.6) is 0 Å². The molecule has 0 aliphatic carbocycles. The van der Waals surface area contributed by atoms with E-state index in [0.717, 1.165) is 11.1 Å². The molecule has 110 valence electrons. The maximum absolute atomic E-state index is 12.3. The molecule has 1 amide bonds. The van der Waals surface area contributed by atoms with Crippen molar-refractivity contribution < 1.29 is 9.90 Å². The topological polar surface area (TPSA) is 75.4 Å². The highest BCUT2D eigenvalue weighted by atomic mass is 16.3. The van der Waals surface area contributed by atoms with Crippen molar-refractivity contribution in [3.8, 4) is 0 Å². The number of carbonyl (C=O) groups is 1. The van der Waals surface area contributed by atoms with Crippen LogP contribution in [0.25, 0.3) is 0 Å². The summed E-state index contributed by atoms with van der Waals surface area (Å²) in [5.74, 6) is -0.316. The molecule has 21 heavy (non-hydrogen) atoms. The van der Waals surface area contributed by atoms with Crippen molar-refractivity contribution in [3.63, 3.8) is 0 Å². The molecule has 2 aromatic carbocycles. The van der Waals surface area contributed by atoms with Crippen LogP contribution in [0, 0.1) is 0 Å². The Labute approximate surface area is 124 Å². The maximum Gasteiger partial charge on any atom is 0.244 e. The van der Waals surface area contributed by atoms with Gasteiger partial charge in [0.1, 0.15) is 5.54 Å². The molecule has 0 aliphatic heterocycles. The highest BCUT2D eigenvalue weighted by Crippen LogP contribution is 2.18. The minimum absolute atomic E-state index is 0.127. The molecule has 2 rings (SSSR count). The summed E-state index contributed by atoms with van der Waals surface area (Å²) in [5, 5.41) is 12.8. The first-order chi connectivity index (χ1) is 10.0. The third-order valence-electron chi connectivity index (χ3n) is 3.49. The number of amides is 1. The Kier molecular flexibility index (Phi) is 4.73. The Morgan fingerprint density at radius 2 is 1.67 bits per heavy atom. The Balaban J connectivity index is 1.99. The van der Waals surface area contributed by atoms with Crippen LogP contribution in [0.4, 0.5) is 0 Å². The van der Waals surface area contributed by atoms with Gasteiger partial charge in [-0.3, -0.25) is 4.79 Å². The smallest absolute Gasteiger partial charge is 0.244 e. The van der Waals surface area contributed by atoms with Crippen molar-refractivity contribution in [3.05, 3.63) is 71.8 Å². The second kappa shape index (κ2) is 6.52. The maximum atomic E-state index is 12.3. The van der Waals surface area contributed by atoms with Crippen LogP contribution in [0.1, 0.15) is 24.2 Å². The Bertz CT molecular complexity index is 582. The lowest BCUT2D eigenvalue weighted by atomic mass is 9.92. The predicted molar refractivity (Wildman–Crippen MR) is 82.4 cm³/mol. The molecule has 0 saturated carbocycles. The molecular formula is C17H20N2O2. The van der Waals surface area contributed by atoms with E-state index >= 15 is 0 Å². The highest BCUT2D eigenvalue weighted by molar-refractivity contribution is 5.87. The third-order valence-corrected chi connectivity index (χ3v) is 3.49. The van der Waals surface area contributed by atoms with Crippen LogP contribution in [0.3, 0.4) is 0 Å². The largest absolute Gasteiger partial charge is 0.387 e. The standard InChI is InChI=1S/C17H20N2O2/c1-17(18,14-10-6-3-7-11-14)16(21)19-12-15(20)13-8-4-2-5-9-13/h2-11,15,20H,12,18H2,1H3,(H,19,21). The van der Waals surface area contributed by atoms with Gasteiger partial charge in [0.2, 0.25) is 5.91 Å². The molecule has 2 unspecified atom stereocenters. The van der Waals surface area contributed by atoms with Crippen molar-refractivity contribution in [2.24, 2.45) is 5.73 Å². The second-order valence-corrected chi connectivity index (χ2v) is 5.20. The SMILES string of the molecule is CC(N)(C(=O)NCC(O)c1ccccc1)c1ccccc1. The van der Waals surface area contributed by atoms with E-state index in [0.29, 0.717) is 0 Å². The van der Waals surface area contributed by atoms with Crippen molar-refractivity contribution in [2.45, 2.75) is 18.6 Å². The summed E-state index contributed by atoms with van der Waals surface area (Å²) in [6.07, 6.45) is -0.748. The van der Waals surface area contributed by atoms with Gasteiger partial charge in [0.25, 0.3) is 0 Å². The number of nitrogens with one attached hydrogen (secondary N) is 1. The summed E-state index contributed by atoms with van der Waals surface area (Å²) < 4.78 is 0. The number of aliphatic hydroxyl groups excluding tert-OH is 1. The summed E-state index contributed by atoms with van der Waals surface area (Å²) in [4.78, 5) is 12.3. The number of nitrogens with two attached hydrogens (primary N) is 1. The molecular weight excluding hydrogens is 264 g/mol. The quantitative estimate of drug-likeness (QED) is 0.782. The molecule has 0 bridgehead atoms. The zero-order valence-electron chi connectivity index (χ0n) is 12.0. The van der Waals surface area contributed by atoms with E-state index in [9.17, 15) is 9.90 Å². The first kappa shape index (κ1) is 15.2. The van der Waals surface area contributed by atoms with Gasteiger partial charge in [-0.25, -0.2) is 0 Å². The number of carbonyl (C=O) groups excluding carboxylic acids is 1. The van der Waals surface area contributed by atoms with E-state index in [-0.39, 0.29) is 12.5 Å². The molecule has 4 N–H and O–H groups in total. The average Bonchev–Trinajstić information content (AvgIpc) is 2.53. The van der Waals surface area contributed by atoms with Crippen molar-refractivity contribution in [2.75, 3.05) is 6.54 Å². The minimum Gasteiger partial charge on any atom is -0.387 e. The average molecular weight is 284 g/mol. The Morgan fingerprint density at radius 1 is 1.14 bits per heavy atom. The lowest BCUT2D eigenvalue weighted by molar-refractivity contribution is -0.126. The summed E-state index contributed by atoms with van der Waals surface area (Å²) in [7, 11) is 0. The van der Waals surface area contributed by atoms with E-state index < -0.39 is 11.6 Å². The van der Waals surface area contributed by atoms with Gasteiger partial charge in [-0.2, -0.15) is 0 Å². The highest BCUT2D eigenvalue weighted by Gasteiger charge is 2.30. The van der Waals surface area contributed by atoms with Gasteiger partial charge in [0, 0.05) is 6.54 Å². The van der Waals surface area contributed by atoms with Gasteiger partial charge < -0.3 is 16.2 Å². The fourth-order valence-electron chi connectivity index (χ4n) is 2.08. The van der Waals surface area contributed by atoms with E-state index in [4.69, 9.17) is 5.73 Å². The van der Waals surface area contributed by atoms with Crippen molar-refractivity contribution >= 4 is 5.91 Å². The zero-order chi connectivity index (χ0) is 15.3. The van der Waals surface area contributed by atoms with Gasteiger partial charge in [0.15, 0.2) is 0 Å². The monoisotopic (exact) mass is 284 g/mol. The van der Waals surface area contributed by atoms with Gasteiger partial charge in [-0.15, -0.1) is 0 Å². The fourth-order valence-corrected chi connectivity index (χ4v) is 2.08. The number of hydrogen-bond donors (Lipinski definition) is 3. The fraction of sp³-hybridized carbons (Fsp3) is 0.235. The number of benzene rings is 2. The molecule has 0 spiro atoms. The molecule has 0 aromatic heterocycles. The van der Waals surface area contributed by atoms with Gasteiger partial charge >= 0.3 is 0 Å². The van der Waals surface area contributed by atoms with Gasteiger partial charge in [0.05, 0.1) is 6.10 Å². The summed E-state index contributed by atoms with van der Waals surface area (Å²) in [6.45, 7) is 1.79. The normalized spacial score (nSPS) is 15.0. The van der Waals surface area contributed by atoms with E-state index in [1.807, 2.05) is 60.7 Å². The summed E-state index contributed by atoms with van der Waals surface area (Å²) >= 11 is 0. The molecule has 4 heteroatoms. The molecule has 0 heterocycles. The molecule has 0 radical (unpaired) electrons. The van der Waals surface area contributed by atoms with E-state index in [2.05, 4.69) is 5.32 Å². The lowest BCUT2D eigenvalue weighted by Crippen LogP contribution is -2.49. The molecule has 4 nitrogen and oxygen atoms in total. The molecule has 0 aliphatic rings. The first-order valence-electron chi connectivity index (χ1n) is 6.87. The second-order valence-electron chi connectivity index (χ2n) is 5.20. The van der Waals surface area contributed by atoms with Crippen molar-refractivity contribution in [1.29, 1.82) is 0 Å². The van der Waals surface area contributed by atoms with Crippen LogP contribution in [0.2, 0.25) is 0 Å². The summed E-state index contributed by atoms with van der Waals surface area (Å²) in [6, 6.07) is 18.4. The van der Waals surface area contributed by atoms with Crippen LogP contribution in [0.15, 0.2) is 60.7 Å². The Hall–Kier alpha value is -2.17. The van der Waals surface area contributed by atoms with Crippen LogP contribution in [-0.4, -0.2) is 17.6 Å². The van der Waals surface area contributed by atoms with Crippen LogP contribution < -0.4 is 11.1 Å². The zero-order valence-corrected chi connectivity index (χ0v) is 12.0. The predicted octanol–water partition coefficient (Wildman–Crippen LogP) is 1.71. The van der Waals surface area contributed by atoms with Gasteiger partial charge in [-0.1, -0.05) is 60.7 Å². The van der Waals surface area contributed by atoms with Crippen LogP contribution in [-0.2, 0) is 10.3 Å². The number of hydrogen-bond acceptors (Lipinski definition) is 3.